The Hall–Kier alpha value is -1.95. The maximum atomic E-state index is 12.2. The van der Waals surface area contributed by atoms with Gasteiger partial charge in [0.2, 0.25) is 11.8 Å². The number of nitrogens with zero attached hydrogens (tertiary/aromatic N) is 3. The van der Waals surface area contributed by atoms with Gasteiger partial charge >= 0.3 is 0 Å². The molecule has 3 rings (SSSR count). The van der Waals surface area contributed by atoms with Crippen molar-refractivity contribution < 1.29 is 9.59 Å². The van der Waals surface area contributed by atoms with Gasteiger partial charge in [-0.05, 0) is 25.0 Å². The second-order valence-corrected chi connectivity index (χ2v) is 6.67. The van der Waals surface area contributed by atoms with Gasteiger partial charge in [-0.15, -0.1) is 11.3 Å². The molecule has 1 aliphatic rings. The van der Waals surface area contributed by atoms with E-state index in [2.05, 4.69) is 11.1 Å². The molecule has 1 aromatic heterocycles. The Labute approximate surface area is 133 Å². The van der Waals surface area contributed by atoms with E-state index in [1.165, 1.54) is 4.70 Å². The third-order valence-electron chi connectivity index (χ3n) is 3.93. The Balaban J connectivity index is 1.50. The standard InChI is InChI=1S/C16H19N3O2S/c1-18-9-10-19(11-16(18)21)15(20)8-4-7-14-17-12-5-2-3-6-13(12)22-14/h2-3,5-6H,4,7-11H2,1H3. The fraction of sp³-hybridized carbons (Fsp3) is 0.438. The summed E-state index contributed by atoms with van der Waals surface area (Å²) in [6.07, 6.45) is 2.07. The predicted molar refractivity (Wildman–Crippen MR) is 86.8 cm³/mol. The molecule has 0 spiro atoms. The Morgan fingerprint density at radius 3 is 2.91 bits per heavy atom. The SMILES string of the molecule is CN1CCN(C(=O)CCCc2nc3ccccc3s2)CC1=O. The molecule has 0 atom stereocenters. The van der Waals surface area contributed by atoms with Crippen LogP contribution < -0.4 is 0 Å². The van der Waals surface area contributed by atoms with Crippen LogP contribution in [0.5, 0.6) is 0 Å². The van der Waals surface area contributed by atoms with Gasteiger partial charge in [0.25, 0.3) is 0 Å². The molecule has 0 radical (unpaired) electrons. The average molecular weight is 317 g/mol. The highest BCUT2D eigenvalue weighted by Crippen LogP contribution is 2.22. The first-order valence-electron chi connectivity index (χ1n) is 7.49. The number of hydrogen-bond donors (Lipinski definition) is 0. The Bertz CT molecular complexity index is 665. The molecule has 0 N–H and O–H groups in total. The predicted octanol–water partition coefficient (Wildman–Crippen LogP) is 1.92. The first-order chi connectivity index (χ1) is 10.6. The zero-order valence-electron chi connectivity index (χ0n) is 12.6. The molecule has 0 unspecified atom stereocenters. The van der Waals surface area contributed by atoms with Crippen LogP contribution in [0, 0.1) is 0 Å². The third-order valence-corrected chi connectivity index (χ3v) is 5.03. The molecule has 1 aromatic carbocycles. The fourth-order valence-corrected chi connectivity index (χ4v) is 3.56. The van der Waals surface area contributed by atoms with Crippen molar-refractivity contribution in [3.05, 3.63) is 29.3 Å². The number of rotatable bonds is 4. The second kappa shape index (κ2) is 6.44. The van der Waals surface area contributed by atoms with Crippen molar-refractivity contribution in [3.63, 3.8) is 0 Å². The van der Waals surface area contributed by atoms with Crippen LogP contribution in [0.2, 0.25) is 0 Å². The van der Waals surface area contributed by atoms with Crippen molar-refractivity contribution in [2.75, 3.05) is 26.7 Å². The van der Waals surface area contributed by atoms with E-state index in [9.17, 15) is 9.59 Å². The minimum atomic E-state index is 0.0192. The molecule has 0 aliphatic carbocycles. The number of hydrogen-bond acceptors (Lipinski definition) is 4. The summed E-state index contributed by atoms with van der Waals surface area (Å²) in [5, 5.41) is 1.07. The lowest BCUT2D eigenvalue weighted by atomic mass is 10.2. The fourth-order valence-electron chi connectivity index (χ4n) is 2.55. The van der Waals surface area contributed by atoms with E-state index in [4.69, 9.17) is 0 Å². The molecule has 1 fully saturated rings. The van der Waals surface area contributed by atoms with Crippen LogP contribution in [-0.4, -0.2) is 53.3 Å². The number of carbonyl (C=O) groups excluding carboxylic acids is 2. The first kappa shape index (κ1) is 15.0. The number of amides is 2. The van der Waals surface area contributed by atoms with Crippen molar-refractivity contribution in [2.45, 2.75) is 19.3 Å². The summed E-state index contributed by atoms with van der Waals surface area (Å²) < 4.78 is 1.19. The maximum absolute atomic E-state index is 12.2. The summed E-state index contributed by atoms with van der Waals surface area (Å²) in [5.41, 5.74) is 1.03. The summed E-state index contributed by atoms with van der Waals surface area (Å²) in [6.45, 7) is 1.49. The molecular weight excluding hydrogens is 298 g/mol. The van der Waals surface area contributed by atoms with Gasteiger partial charge < -0.3 is 9.80 Å². The van der Waals surface area contributed by atoms with Gasteiger partial charge in [0.1, 0.15) is 0 Å². The van der Waals surface area contributed by atoms with E-state index in [1.807, 2.05) is 18.2 Å². The van der Waals surface area contributed by atoms with Crippen molar-refractivity contribution in [3.8, 4) is 0 Å². The number of benzene rings is 1. The van der Waals surface area contributed by atoms with E-state index < -0.39 is 0 Å². The van der Waals surface area contributed by atoms with Crippen LogP contribution >= 0.6 is 11.3 Å². The van der Waals surface area contributed by atoms with Crippen LogP contribution in [-0.2, 0) is 16.0 Å². The summed E-state index contributed by atoms with van der Waals surface area (Å²) in [6, 6.07) is 8.08. The number of aryl methyl sites for hydroxylation is 1. The summed E-state index contributed by atoms with van der Waals surface area (Å²) >= 11 is 1.69. The number of fused-ring (bicyclic) bond motifs is 1. The van der Waals surface area contributed by atoms with Crippen LogP contribution in [0.4, 0.5) is 0 Å². The van der Waals surface area contributed by atoms with Crippen LogP contribution in [0.15, 0.2) is 24.3 Å². The van der Waals surface area contributed by atoms with Crippen molar-refractivity contribution in [1.29, 1.82) is 0 Å². The molecule has 0 saturated carbocycles. The van der Waals surface area contributed by atoms with Gasteiger partial charge in [-0.1, -0.05) is 12.1 Å². The first-order valence-corrected chi connectivity index (χ1v) is 8.31. The topological polar surface area (TPSA) is 53.5 Å². The number of carbonyl (C=O) groups is 2. The van der Waals surface area contributed by atoms with E-state index in [0.29, 0.717) is 19.5 Å². The Kier molecular flexibility index (Phi) is 4.38. The molecule has 2 aromatic rings. The highest BCUT2D eigenvalue weighted by Gasteiger charge is 2.24. The maximum Gasteiger partial charge on any atom is 0.241 e. The lowest BCUT2D eigenvalue weighted by Crippen LogP contribution is -2.50. The molecule has 6 heteroatoms. The summed E-state index contributed by atoms with van der Waals surface area (Å²) in [4.78, 5) is 31.7. The highest BCUT2D eigenvalue weighted by atomic mass is 32.1. The Morgan fingerprint density at radius 2 is 2.14 bits per heavy atom. The van der Waals surface area contributed by atoms with Crippen LogP contribution in [0.25, 0.3) is 10.2 Å². The highest BCUT2D eigenvalue weighted by molar-refractivity contribution is 7.18. The second-order valence-electron chi connectivity index (χ2n) is 5.56. The Morgan fingerprint density at radius 1 is 1.32 bits per heavy atom. The average Bonchev–Trinajstić information content (AvgIpc) is 2.92. The van der Waals surface area contributed by atoms with E-state index >= 15 is 0 Å². The normalized spacial score (nSPS) is 15.6. The molecule has 22 heavy (non-hydrogen) atoms. The third kappa shape index (κ3) is 3.27. The van der Waals surface area contributed by atoms with Gasteiger partial charge in [0.15, 0.2) is 0 Å². The molecule has 1 saturated heterocycles. The van der Waals surface area contributed by atoms with Crippen molar-refractivity contribution in [1.82, 2.24) is 14.8 Å². The van der Waals surface area contributed by atoms with Crippen molar-refractivity contribution >= 4 is 33.4 Å². The minimum Gasteiger partial charge on any atom is -0.342 e. The van der Waals surface area contributed by atoms with Gasteiger partial charge in [-0.25, -0.2) is 4.98 Å². The number of thiazole rings is 1. The largest absolute Gasteiger partial charge is 0.342 e. The van der Waals surface area contributed by atoms with Gasteiger partial charge in [-0.2, -0.15) is 0 Å². The lowest BCUT2D eigenvalue weighted by molar-refractivity contribution is -0.144. The molecular formula is C16H19N3O2S. The molecule has 116 valence electrons. The quantitative estimate of drug-likeness (QED) is 0.866. The lowest BCUT2D eigenvalue weighted by Gasteiger charge is -2.32. The molecule has 2 amide bonds. The molecule has 0 bridgehead atoms. The van der Waals surface area contributed by atoms with Crippen LogP contribution in [0.1, 0.15) is 17.8 Å². The molecule has 1 aliphatic heterocycles. The summed E-state index contributed by atoms with van der Waals surface area (Å²) in [5.74, 6) is 0.0911. The number of likely N-dealkylation sites (N-methyl/N-ethyl adjacent to an activating group) is 1. The van der Waals surface area contributed by atoms with Gasteiger partial charge in [0, 0.05) is 26.6 Å². The van der Waals surface area contributed by atoms with E-state index in [1.54, 1.807) is 28.2 Å². The van der Waals surface area contributed by atoms with E-state index in [0.717, 1.165) is 23.4 Å². The molecule has 2 heterocycles. The zero-order chi connectivity index (χ0) is 15.5. The van der Waals surface area contributed by atoms with Crippen molar-refractivity contribution in [2.24, 2.45) is 0 Å². The number of aromatic nitrogens is 1. The number of para-hydroxylation sites is 1. The summed E-state index contributed by atoms with van der Waals surface area (Å²) in [7, 11) is 1.78. The van der Waals surface area contributed by atoms with Crippen LogP contribution in [0.3, 0.4) is 0 Å². The smallest absolute Gasteiger partial charge is 0.241 e. The van der Waals surface area contributed by atoms with E-state index in [-0.39, 0.29) is 18.4 Å². The van der Waals surface area contributed by atoms with Gasteiger partial charge in [0.05, 0.1) is 21.8 Å². The molecule has 5 nitrogen and oxygen atoms in total. The minimum absolute atomic E-state index is 0.0192. The zero-order valence-corrected chi connectivity index (χ0v) is 13.4. The monoisotopic (exact) mass is 317 g/mol. The number of piperazine rings is 1. The van der Waals surface area contributed by atoms with Gasteiger partial charge in [-0.3, -0.25) is 9.59 Å².